The first-order valence-electron chi connectivity index (χ1n) is 5.70. The van der Waals surface area contributed by atoms with Crippen LogP contribution in [0.25, 0.3) is 0 Å². The molecule has 2 N–H and O–H groups in total. The highest BCUT2D eigenvalue weighted by atomic mass is 79.9. The normalized spacial score (nSPS) is 10.5. The molecule has 2 rings (SSSR count). The summed E-state index contributed by atoms with van der Waals surface area (Å²) in [4.78, 5) is 15.3. The Morgan fingerprint density at radius 1 is 1.44 bits per heavy atom. The second-order valence-corrected chi connectivity index (χ2v) is 4.65. The van der Waals surface area contributed by atoms with Crippen LogP contribution in [0.3, 0.4) is 0 Å². The molecule has 0 radical (unpaired) electrons. The molecule has 18 heavy (non-hydrogen) atoms. The van der Waals surface area contributed by atoms with Crippen LogP contribution < -0.4 is 10.9 Å². The quantitative estimate of drug-likeness (QED) is 0.795. The molecule has 0 aliphatic heterocycles. The summed E-state index contributed by atoms with van der Waals surface area (Å²) >= 11 is 3.22. The largest absolute Gasteiger partial charge is 0.383 e. The molecule has 0 atom stereocenters. The van der Waals surface area contributed by atoms with Gasteiger partial charge < -0.3 is 9.88 Å². The predicted octanol–water partition coefficient (Wildman–Crippen LogP) is 1.62. The topological polar surface area (TPSA) is 75.6 Å². The summed E-state index contributed by atoms with van der Waals surface area (Å²) in [6.45, 7) is 1.76. The first-order chi connectivity index (χ1) is 8.77. The van der Waals surface area contributed by atoms with Gasteiger partial charge in [-0.3, -0.25) is 4.79 Å². The Labute approximate surface area is 113 Å². The number of nitrogens with zero attached hydrogens (tertiary/aromatic N) is 3. The van der Waals surface area contributed by atoms with E-state index in [1.165, 1.54) is 0 Å². The minimum Gasteiger partial charge on any atom is -0.383 e. The maximum Gasteiger partial charge on any atom is 0.280 e. The van der Waals surface area contributed by atoms with Crippen LogP contribution >= 0.6 is 15.9 Å². The zero-order valence-corrected chi connectivity index (χ0v) is 11.4. The van der Waals surface area contributed by atoms with Crippen LogP contribution in [-0.4, -0.2) is 26.3 Å². The molecule has 0 saturated heterocycles. The minimum atomic E-state index is -0.224. The Balaban J connectivity index is 1.72. The van der Waals surface area contributed by atoms with Crippen LogP contribution in [0.1, 0.15) is 12.8 Å². The number of imidazole rings is 1. The van der Waals surface area contributed by atoms with Crippen LogP contribution in [-0.2, 0) is 6.54 Å². The van der Waals surface area contributed by atoms with Crippen LogP contribution in [0.5, 0.6) is 0 Å². The summed E-state index contributed by atoms with van der Waals surface area (Å²) in [5.74, 6) is 0. The first-order valence-corrected chi connectivity index (χ1v) is 6.49. The smallest absolute Gasteiger partial charge is 0.280 e. The number of nitrogens with one attached hydrogen (secondary N) is 2. The van der Waals surface area contributed by atoms with E-state index in [0.717, 1.165) is 31.6 Å². The minimum absolute atomic E-state index is 0.224. The van der Waals surface area contributed by atoms with Gasteiger partial charge in [0.25, 0.3) is 5.56 Å². The molecule has 6 nitrogen and oxygen atoms in total. The number of aryl methyl sites for hydroxylation is 1. The molecule has 7 heteroatoms. The van der Waals surface area contributed by atoms with Crippen LogP contribution in [0.4, 0.5) is 5.69 Å². The Morgan fingerprint density at radius 2 is 2.33 bits per heavy atom. The molecule has 0 bridgehead atoms. The third-order valence-electron chi connectivity index (χ3n) is 2.51. The van der Waals surface area contributed by atoms with E-state index in [4.69, 9.17) is 0 Å². The number of halogens is 1. The molecule has 2 aromatic heterocycles. The van der Waals surface area contributed by atoms with Gasteiger partial charge in [-0.2, -0.15) is 5.10 Å². The van der Waals surface area contributed by atoms with Crippen molar-refractivity contribution in [1.82, 2.24) is 19.7 Å². The number of aromatic nitrogens is 4. The molecule has 96 valence electrons. The van der Waals surface area contributed by atoms with Crippen molar-refractivity contribution in [1.29, 1.82) is 0 Å². The van der Waals surface area contributed by atoms with E-state index in [-0.39, 0.29) is 5.56 Å². The summed E-state index contributed by atoms with van der Waals surface area (Å²) in [5.41, 5.74) is 0.500. The maximum absolute atomic E-state index is 11.3. The van der Waals surface area contributed by atoms with E-state index in [1.54, 1.807) is 12.4 Å². The molecular formula is C11H14BrN5O. The lowest BCUT2D eigenvalue weighted by molar-refractivity contribution is 0.621. The average molecular weight is 312 g/mol. The highest BCUT2D eigenvalue weighted by Crippen LogP contribution is 2.15. The van der Waals surface area contributed by atoms with Crippen LogP contribution in [0, 0.1) is 0 Å². The standard InChI is InChI=1S/C11H14BrN5O/c12-10-9(7-15-16-11(10)18)14-3-1-2-5-17-6-4-13-8-17/h4,6-8H,1-3,5H2,(H2,14,16,18). The fourth-order valence-electron chi connectivity index (χ4n) is 1.57. The number of hydrogen-bond donors (Lipinski definition) is 2. The fraction of sp³-hybridized carbons (Fsp3) is 0.364. The second kappa shape index (κ2) is 6.34. The summed E-state index contributed by atoms with van der Waals surface area (Å²) < 4.78 is 2.54. The number of hydrogen-bond acceptors (Lipinski definition) is 4. The van der Waals surface area contributed by atoms with E-state index in [9.17, 15) is 4.79 Å². The Kier molecular flexibility index (Phi) is 4.52. The van der Waals surface area contributed by atoms with Crippen molar-refractivity contribution in [2.45, 2.75) is 19.4 Å². The van der Waals surface area contributed by atoms with Gasteiger partial charge in [0.2, 0.25) is 0 Å². The molecule has 0 aliphatic carbocycles. The molecule has 0 aliphatic rings. The van der Waals surface area contributed by atoms with E-state index >= 15 is 0 Å². The van der Waals surface area contributed by atoms with Crippen molar-refractivity contribution < 1.29 is 0 Å². The molecule has 0 amide bonds. The van der Waals surface area contributed by atoms with E-state index < -0.39 is 0 Å². The van der Waals surface area contributed by atoms with Crippen molar-refractivity contribution in [3.63, 3.8) is 0 Å². The van der Waals surface area contributed by atoms with Crippen LogP contribution in [0.2, 0.25) is 0 Å². The first kappa shape index (κ1) is 12.8. The fourth-order valence-corrected chi connectivity index (χ4v) is 1.90. The molecule has 0 aromatic carbocycles. The number of unbranched alkanes of at least 4 members (excludes halogenated alkanes) is 1. The molecule has 0 saturated carbocycles. The summed E-state index contributed by atoms with van der Waals surface area (Å²) in [6.07, 6.45) is 9.20. The average Bonchev–Trinajstić information content (AvgIpc) is 2.87. The second-order valence-electron chi connectivity index (χ2n) is 3.86. The predicted molar refractivity (Wildman–Crippen MR) is 72.5 cm³/mol. The van der Waals surface area contributed by atoms with Crippen molar-refractivity contribution in [2.24, 2.45) is 0 Å². The zero-order chi connectivity index (χ0) is 12.8. The molecule has 0 unspecified atom stereocenters. The highest BCUT2D eigenvalue weighted by Gasteiger charge is 2.02. The molecule has 0 fully saturated rings. The van der Waals surface area contributed by atoms with Gasteiger partial charge in [0.1, 0.15) is 4.47 Å². The third-order valence-corrected chi connectivity index (χ3v) is 3.30. The lowest BCUT2D eigenvalue weighted by atomic mass is 10.3. The number of H-pyrrole nitrogens is 1. The van der Waals surface area contributed by atoms with Crippen molar-refractivity contribution in [2.75, 3.05) is 11.9 Å². The third kappa shape index (κ3) is 3.43. The van der Waals surface area contributed by atoms with Gasteiger partial charge in [0.05, 0.1) is 18.2 Å². The van der Waals surface area contributed by atoms with Crippen molar-refractivity contribution in [3.8, 4) is 0 Å². The van der Waals surface area contributed by atoms with Gasteiger partial charge in [0.15, 0.2) is 0 Å². The monoisotopic (exact) mass is 311 g/mol. The van der Waals surface area contributed by atoms with Gasteiger partial charge >= 0.3 is 0 Å². The van der Waals surface area contributed by atoms with Gasteiger partial charge in [-0.05, 0) is 28.8 Å². The molecule has 0 spiro atoms. The lowest BCUT2D eigenvalue weighted by Gasteiger charge is -2.07. The molecular weight excluding hydrogens is 298 g/mol. The maximum atomic E-state index is 11.3. The molecule has 2 heterocycles. The lowest BCUT2D eigenvalue weighted by Crippen LogP contribution is -2.13. The van der Waals surface area contributed by atoms with Crippen molar-refractivity contribution >= 4 is 21.6 Å². The Hall–Kier alpha value is -1.63. The van der Waals surface area contributed by atoms with Gasteiger partial charge in [-0.25, -0.2) is 10.1 Å². The summed E-state index contributed by atoms with van der Waals surface area (Å²) in [6, 6.07) is 0. The van der Waals surface area contributed by atoms with E-state index in [1.807, 2.05) is 17.1 Å². The van der Waals surface area contributed by atoms with Gasteiger partial charge in [-0.15, -0.1) is 0 Å². The van der Waals surface area contributed by atoms with E-state index in [2.05, 4.69) is 36.4 Å². The van der Waals surface area contributed by atoms with Crippen LogP contribution in [0.15, 0.2) is 34.2 Å². The zero-order valence-electron chi connectivity index (χ0n) is 9.77. The number of anilines is 1. The Bertz CT molecular complexity index is 537. The highest BCUT2D eigenvalue weighted by molar-refractivity contribution is 9.10. The summed E-state index contributed by atoms with van der Waals surface area (Å²) in [5, 5.41) is 9.28. The number of aromatic amines is 1. The van der Waals surface area contributed by atoms with E-state index in [0.29, 0.717) is 4.47 Å². The summed E-state index contributed by atoms with van der Waals surface area (Å²) in [7, 11) is 0. The van der Waals surface area contributed by atoms with Gasteiger partial charge in [0, 0.05) is 25.5 Å². The van der Waals surface area contributed by atoms with Gasteiger partial charge in [-0.1, -0.05) is 0 Å². The Morgan fingerprint density at radius 3 is 3.11 bits per heavy atom. The SMILES string of the molecule is O=c1[nH]ncc(NCCCCn2ccnc2)c1Br. The van der Waals surface area contributed by atoms with Crippen molar-refractivity contribution in [3.05, 3.63) is 39.7 Å². The molecule has 2 aromatic rings. The number of rotatable bonds is 6.